The van der Waals surface area contributed by atoms with Crippen LogP contribution in [0.15, 0.2) is 56.7 Å². The van der Waals surface area contributed by atoms with Crippen molar-refractivity contribution in [3.05, 3.63) is 63.6 Å². The first-order valence-corrected chi connectivity index (χ1v) is 11.4. The summed E-state index contributed by atoms with van der Waals surface area (Å²) in [6.45, 7) is 0.873. The van der Waals surface area contributed by atoms with Crippen LogP contribution in [0.3, 0.4) is 0 Å². The molecule has 31 heavy (non-hydrogen) atoms. The van der Waals surface area contributed by atoms with Crippen LogP contribution in [0, 0.1) is 0 Å². The van der Waals surface area contributed by atoms with Crippen LogP contribution in [0.5, 0.6) is 0 Å². The number of amides is 1. The van der Waals surface area contributed by atoms with E-state index in [1.165, 1.54) is 22.5 Å². The van der Waals surface area contributed by atoms with Crippen molar-refractivity contribution in [2.24, 2.45) is 0 Å². The highest BCUT2D eigenvalue weighted by Gasteiger charge is 2.28. The first kappa shape index (κ1) is 21.3. The lowest BCUT2D eigenvalue weighted by Gasteiger charge is -2.26. The van der Waals surface area contributed by atoms with Gasteiger partial charge in [-0.1, -0.05) is 35.3 Å². The van der Waals surface area contributed by atoms with Gasteiger partial charge in [-0.3, -0.25) is 14.3 Å². The number of nitrogens with zero attached hydrogens (tertiary/aromatic N) is 2. The molecule has 0 aliphatic carbocycles. The number of nitrogens with one attached hydrogen (secondary N) is 2. The van der Waals surface area contributed by atoms with Crippen LogP contribution >= 0.6 is 11.6 Å². The third-order valence-corrected chi connectivity index (χ3v) is 7.34. The maximum Gasteiger partial charge on any atom is 0.439 e. The van der Waals surface area contributed by atoms with Gasteiger partial charge in [0.05, 0.1) is 5.02 Å². The van der Waals surface area contributed by atoms with Crippen LogP contribution < -0.4 is 11.1 Å². The Morgan fingerprint density at radius 3 is 2.61 bits per heavy atom. The predicted octanol–water partition coefficient (Wildman–Crippen LogP) is 3.11. The van der Waals surface area contributed by atoms with Crippen molar-refractivity contribution in [2.45, 2.75) is 24.2 Å². The molecule has 9 nitrogen and oxygen atoms in total. The maximum absolute atomic E-state index is 13.0. The highest BCUT2D eigenvalue weighted by Crippen LogP contribution is 2.28. The number of halogens is 1. The Morgan fingerprint density at radius 1 is 1.13 bits per heavy atom. The highest BCUT2D eigenvalue weighted by atomic mass is 35.5. The number of carbonyl (C=O) groups is 1. The van der Waals surface area contributed by atoms with Gasteiger partial charge in [0.15, 0.2) is 5.82 Å². The number of benzene rings is 2. The molecule has 0 unspecified atom stereocenters. The number of H-pyrrole nitrogens is 1. The summed E-state index contributed by atoms with van der Waals surface area (Å²) >= 11 is 6.17. The number of aromatic nitrogens is 2. The lowest BCUT2D eigenvalue weighted by Crippen LogP contribution is -2.35. The largest absolute Gasteiger partial charge is 0.439 e. The van der Waals surface area contributed by atoms with Crippen molar-refractivity contribution in [3.63, 3.8) is 0 Å². The second-order valence-electron chi connectivity index (χ2n) is 7.09. The Hall–Kier alpha value is -2.95. The van der Waals surface area contributed by atoms with Gasteiger partial charge >= 0.3 is 5.76 Å². The molecule has 3 aromatic rings. The van der Waals surface area contributed by atoms with Gasteiger partial charge in [0.2, 0.25) is 10.0 Å². The summed E-state index contributed by atoms with van der Waals surface area (Å²) in [5.41, 5.74) is 1.12. The fourth-order valence-electron chi connectivity index (χ4n) is 3.39. The first-order valence-electron chi connectivity index (χ1n) is 9.62. The zero-order valence-corrected chi connectivity index (χ0v) is 17.9. The zero-order valence-electron chi connectivity index (χ0n) is 16.3. The van der Waals surface area contributed by atoms with Crippen molar-refractivity contribution >= 4 is 33.2 Å². The molecule has 1 amide bonds. The molecule has 2 heterocycles. The van der Waals surface area contributed by atoms with Gasteiger partial charge < -0.3 is 5.32 Å². The van der Waals surface area contributed by atoms with E-state index in [1.54, 1.807) is 24.3 Å². The SMILES string of the molecule is O=C(Nc1cccc(-c2noc(=O)[nH]2)c1)c1ccc(Cl)c(S(=O)(=O)N2CCCCC2)c1. The molecular weight excluding hydrogens is 444 g/mol. The Kier molecular flexibility index (Phi) is 5.94. The van der Waals surface area contributed by atoms with Crippen LogP contribution in [0.4, 0.5) is 5.69 Å². The molecule has 1 aromatic heterocycles. The molecule has 2 N–H and O–H groups in total. The second kappa shape index (κ2) is 8.66. The van der Waals surface area contributed by atoms with E-state index >= 15 is 0 Å². The highest BCUT2D eigenvalue weighted by molar-refractivity contribution is 7.89. The molecule has 11 heteroatoms. The van der Waals surface area contributed by atoms with E-state index in [0.717, 1.165) is 19.3 Å². The monoisotopic (exact) mass is 462 g/mol. The Bertz CT molecular complexity index is 1280. The molecule has 0 bridgehead atoms. The lowest BCUT2D eigenvalue weighted by atomic mass is 10.1. The van der Waals surface area contributed by atoms with E-state index < -0.39 is 21.7 Å². The fourth-order valence-corrected chi connectivity index (χ4v) is 5.41. The number of rotatable bonds is 5. The van der Waals surface area contributed by atoms with E-state index in [2.05, 4.69) is 20.0 Å². The molecular formula is C20H19ClN4O5S. The van der Waals surface area contributed by atoms with Gasteiger partial charge in [-0.05, 0) is 43.2 Å². The smallest absolute Gasteiger partial charge is 0.322 e. The molecule has 2 aromatic carbocycles. The number of aromatic amines is 1. The quantitative estimate of drug-likeness (QED) is 0.600. The summed E-state index contributed by atoms with van der Waals surface area (Å²) in [5, 5.41) is 6.40. The summed E-state index contributed by atoms with van der Waals surface area (Å²) in [6, 6.07) is 10.8. The summed E-state index contributed by atoms with van der Waals surface area (Å²) in [5.74, 6) is -0.965. The normalized spacial score (nSPS) is 15.0. The topological polar surface area (TPSA) is 125 Å². The maximum atomic E-state index is 13.0. The summed E-state index contributed by atoms with van der Waals surface area (Å²) in [7, 11) is -3.79. The van der Waals surface area contributed by atoms with Gasteiger partial charge in [-0.25, -0.2) is 13.2 Å². The van der Waals surface area contributed by atoms with Gasteiger partial charge in [-0.15, -0.1) is 0 Å². The Balaban J connectivity index is 1.58. The van der Waals surface area contributed by atoms with E-state index in [4.69, 9.17) is 11.6 Å². The van der Waals surface area contributed by atoms with Crippen molar-refractivity contribution in [3.8, 4) is 11.4 Å². The van der Waals surface area contributed by atoms with Crippen LogP contribution in [0.2, 0.25) is 5.02 Å². The molecule has 162 valence electrons. The van der Waals surface area contributed by atoms with Gasteiger partial charge in [0, 0.05) is 29.9 Å². The van der Waals surface area contributed by atoms with E-state index in [1.807, 2.05) is 0 Å². The third kappa shape index (κ3) is 4.55. The van der Waals surface area contributed by atoms with Crippen LogP contribution in [0.1, 0.15) is 29.6 Å². The molecule has 0 radical (unpaired) electrons. The number of hydrogen-bond acceptors (Lipinski definition) is 6. The standard InChI is InChI=1S/C20H19ClN4O5S/c21-16-8-7-14(12-17(16)31(28,29)25-9-2-1-3-10-25)19(26)22-15-6-4-5-13(11-15)18-23-20(27)30-24-18/h4-8,11-12H,1-3,9-10H2,(H,22,26)(H,23,24,27). The number of sulfonamides is 1. The number of anilines is 1. The van der Waals surface area contributed by atoms with Crippen LogP contribution in [-0.2, 0) is 10.0 Å². The van der Waals surface area contributed by atoms with Crippen molar-refractivity contribution in [1.82, 2.24) is 14.4 Å². The molecule has 0 saturated carbocycles. The van der Waals surface area contributed by atoms with Crippen LogP contribution in [0.25, 0.3) is 11.4 Å². The summed E-state index contributed by atoms with van der Waals surface area (Å²) < 4.78 is 31.9. The third-order valence-electron chi connectivity index (χ3n) is 4.96. The van der Waals surface area contributed by atoms with Crippen molar-refractivity contribution in [2.75, 3.05) is 18.4 Å². The van der Waals surface area contributed by atoms with Crippen molar-refractivity contribution < 1.29 is 17.7 Å². The minimum absolute atomic E-state index is 0.0686. The minimum atomic E-state index is -3.79. The molecule has 0 atom stereocenters. The fraction of sp³-hybridized carbons (Fsp3) is 0.250. The summed E-state index contributed by atoms with van der Waals surface area (Å²) in [6.07, 6.45) is 2.58. The number of hydrogen-bond donors (Lipinski definition) is 2. The Morgan fingerprint density at radius 2 is 1.90 bits per heavy atom. The number of piperidine rings is 1. The lowest BCUT2D eigenvalue weighted by molar-refractivity contribution is 0.102. The Labute approximate surface area is 183 Å². The first-order chi connectivity index (χ1) is 14.8. The predicted molar refractivity (Wildman–Crippen MR) is 115 cm³/mol. The van der Waals surface area contributed by atoms with Crippen LogP contribution in [-0.4, -0.2) is 41.9 Å². The van der Waals surface area contributed by atoms with E-state index in [0.29, 0.717) is 24.3 Å². The van der Waals surface area contributed by atoms with Gasteiger partial charge in [-0.2, -0.15) is 4.31 Å². The van der Waals surface area contributed by atoms with Crippen molar-refractivity contribution in [1.29, 1.82) is 0 Å². The average Bonchev–Trinajstić information content (AvgIpc) is 3.21. The molecule has 0 spiro atoms. The molecule has 1 fully saturated rings. The second-order valence-corrected chi connectivity index (χ2v) is 9.40. The molecule has 1 saturated heterocycles. The molecule has 4 rings (SSSR count). The molecule has 1 aliphatic heterocycles. The van der Waals surface area contributed by atoms with E-state index in [9.17, 15) is 18.0 Å². The summed E-state index contributed by atoms with van der Waals surface area (Å²) in [4.78, 5) is 26.3. The number of carbonyl (C=O) groups excluding carboxylic acids is 1. The average molecular weight is 463 g/mol. The zero-order chi connectivity index (χ0) is 22.0. The van der Waals surface area contributed by atoms with Gasteiger partial charge in [0.1, 0.15) is 4.90 Å². The van der Waals surface area contributed by atoms with E-state index in [-0.39, 0.29) is 21.3 Å². The molecule has 1 aliphatic rings. The van der Waals surface area contributed by atoms with Gasteiger partial charge in [0.25, 0.3) is 5.91 Å². The minimum Gasteiger partial charge on any atom is -0.322 e.